The highest BCUT2D eigenvalue weighted by molar-refractivity contribution is 7.71. The molecular formula is C16H24N2OS. The van der Waals surface area contributed by atoms with Gasteiger partial charge in [0.05, 0.1) is 11.6 Å². The van der Waals surface area contributed by atoms with Gasteiger partial charge in [-0.2, -0.15) is 0 Å². The molecule has 1 heterocycles. The monoisotopic (exact) mass is 292 g/mol. The van der Waals surface area contributed by atoms with E-state index in [-0.39, 0.29) is 6.10 Å². The third-order valence-electron chi connectivity index (χ3n) is 3.37. The summed E-state index contributed by atoms with van der Waals surface area (Å²) in [4.78, 5) is 3.29. The van der Waals surface area contributed by atoms with Gasteiger partial charge in [0.25, 0.3) is 0 Å². The van der Waals surface area contributed by atoms with E-state index in [0.717, 1.165) is 28.1 Å². The van der Waals surface area contributed by atoms with Crippen molar-refractivity contribution in [2.75, 3.05) is 0 Å². The molecule has 0 aliphatic rings. The normalized spacial score (nSPS) is 11.4. The number of aromatic amines is 1. The van der Waals surface area contributed by atoms with Crippen LogP contribution < -0.4 is 4.74 Å². The van der Waals surface area contributed by atoms with Crippen LogP contribution in [0.1, 0.15) is 46.5 Å². The fourth-order valence-electron chi connectivity index (χ4n) is 2.42. The molecular weight excluding hydrogens is 268 g/mol. The summed E-state index contributed by atoms with van der Waals surface area (Å²) in [6.07, 6.45) is 5.14. The Morgan fingerprint density at radius 1 is 1.25 bits per heavy atom. The lowest BCUT2D eigenvalue weighted by molar-refractivity contribution is 0.245. The Morgan fingerprint density at radius 2 is 2.05 bits per heavy atom. The molecule has 1 N–H and O–H groups in total. The number of aromatic nitrogens is 2. The Labute approximate surface area is 126 Å². The molecule has 2 rings (SSSR count). The first-order chi connectivity index (χ1) is 9.63. The fraction of sp³-hybridized carbons (Fsp3) is 0.562. The molecule has 0 aliphatic carbocycles. The van der Waals surface area contributed by atoms with Crippen molar-refractivity contribution in [1.29, 1.82) is 0 Å². The van der Waals surface area contributed by atoms with Gasteiger partial charge in [-0.3, -0.25) is 0 Å². The number of para-hydroxylation sites is 1. The molecule has 20 heavy (non-hydrogen) atoms. The summed E-state index contributed by atoms with van der Waals surface area (Å²) in [6.45, 7) is 7.28. The largest absolute Gasteiger partial charge is 0.489 e. The van der Waals surface area contributed by atoms with Gasteiger partial charge in [0.1, 0.15) is 11.3 Å². The average molecular weight is 292 g/mol. The minimum absolute atomic E-state index is 0.162. The quantitative estimate of drug-likeness (QED) is 0.570. The topological polar surface area (TPSA) is 29.9 Å². The van der Waals surface area contributed by atoms with Gasteiger partial charge in [0, 0.05) is 6.54 Å². The van der Waals surface area contributed by atoms with Crippen LogP contribution in [0, 0.1) is 4.77 Å². The van der Waals surface area contributed by atoms with Gasteiger partial charge in [-0.05, 0) is 44.6 Å². The lowest BCUT2D eigenvalue weighted by Gasteiger charge is -2.10. The molecule has 0 amide bonds. The standard InChI is InChI=1S/C16H24N2OS/c1-4-5-6-7-11-18-13-9-8-10-14(19-12(2)3)15(13)17-16(18)20/h8-10,12H,4-7,11H2,1-3H3,(H,17,20). The number of aryl methyl sites for hydroxylation is 1. The van der Waals surface area contributed by atoms with Crippen molar-refractivity contribution in [2.45, 2.75) is 59.1 Å². The summed E-state index contributed by atoms with van der Waals surface area (Å²) in [7, 11) is 0. The number of imidazole rings is 1. The van der Waals surface area contributed by atoms with Crippen LogP contribution in [0.3, 0.4) is 0 Å². The summed E-state index contributed by atoms with van der Waals surface area (Å²) in [5.74, 6) is 0.885. The van der Waals surface area contributed by atoms with E-state index >= 15 is 0 Å². The maximum atomic E-state index is 5.85. The van der Waals surface area contributed by atoms with E-state index < -0.39 is 0 Å². The Morgan fingerprint density at radius 3 is 2.75 bits per heavy atom. The van der Waals surface area contributed by atoms with E-state index in [1.807, 2.05) is 26.0 Å². The van der Waals surface area contributed by atoms with E-state index in [1.165, 1.54) is 25.7 Å². The second kappa shape index (κ2) is 6.93. The van der Waals surface area contributed by atoms with Crippen LogP contribution in [0.15, 0.2) is 18.2 Å². The minimum atomic E-state index is 0.162. The lowest BCUT2D eigenvalue weighted by atomic mass is 10.2. The SMILES string of the molecule is CCCCCCn1c(=S)[nH]c2c(OC(C)C)cccc21. The van der Waals surface area contributed by atoms with Crippen molar-refractivity contribution >= 4 is 23.3 Å². The highest BCUT2D eigenvalue weighted by Gasteiger charge is 2.10. The molecule has 0 spiro atoms. The summed E-state index contributed by atoms with van der Waals surface area (Å²) >= 11 is 5.46. The first-order valence-electron chi connectivity index (χ1n) is 7.51. The summed E-state index contributed by atoms with van der Waals surface area (Å²) in [5.41, 5.74) is 2.16. The molecule has 0 atom stereocenters. The smallest absolute Gasteiger partial charge is 0.178 e. The first-order valence-corrected chi connectivity index (χ1v) is 7.92. The molecule has 0 saturated carbocycles. The number of ether oxygens (including phenoxy) is 1. The molecule has 1 aromatic heterocycles. The molecule has 0 radical (unpaired) electrons. The van der Waals surface area contributed by atoms with Gasteiger partial charge in [0.15, 0.2) is 4.77 Å². The minimum Gasteiger partial charge on any atom is -0.489 e. The molecule has 4 heteroatoms. The molecule has 2 aromatic rings. The maximum absolute atomic E-state index is 5.85. The molecule has 1 aromatic carbocycles. The Balaban J connectivity index is 2.27. The van der Waals surface area contributed by atoms with Crippen molar-refractivity contribution < 1.29 is 4.74 Å². The maximum Gasteiger partial charge on any atom is 0.178 e. The molecule has 0 bridgehead atoms. The zero-order valence-corrected chi connectivity index (χ0v) is 13.4. The number of fused-ring (bicyclic) bond motifs is 1. The highest BCUT2D eigenvalue weighted by Crippen LogP contribution is 2.26. The van der Waals surface area contributed by atoms with E-state index in [2.05, 4.69) is 22.5 Å². The highest BCUT2D eigenvalue weighted by atomic mass is 32.1. The number of rotatable bonds is 7. The van der Waals surface area contributed by atoms with Gasteiger partial charge < -0.3 is 14.3 Å². The van der Waals surface area contributed by atoms with Crippen LogP contribution in [0.4, 0.5) is 0 Å². The van der Waals surface area contributed by atoms with Gasteiger partial charge in [-0.25, -0.2) is 0 Å². The zero-order chi connectivity index (χ0) is 14.5. The number of nitrogens with zero attached hydrogens (tertiary/aromatic N) is 1. The number of H-pyrrole nitrogens is 1. The predicted octanol–water partition coefficient (Wildman–Crippen LogP) is 5.07. The Bertz CT molecular complexity index is 612. The van der Waals surface area contributed by atoms with E-state index in [1.54, 1.807) is 0 Å². The number of nitrogens with one attached hydrogen (secondary N) is 1. The van der Waals surface area contributed by atoms with Crippen molar-refractivity contribution in [3.63, 3.8) is 0 Å². The van der Waals surface area contributed by atoms with E-state index in [9.17, 15) is 0 Å². The number of hydrogen-bond acceptors (Lipinski definition) is 2. The van der Waals surface area contributed by atoms with Crippen LogP contribution in [0.2, 0.25) is 0 Å². The lowest BCUT2D eigenvalue weighted by Crippen LogP contribution is -2.05. The molecule has 110 valence electrons. The molecule has 0 saturated heterocycles. The molecule has 0 fully saturated rings. The van der Waals surface area contributed by atoms with Gasteiger partial charge in [-0.1, -0.05) is 32.3 Å². The summed E-state index contributed by atoms with van der Waals surface area (Å²) < 4.78 is 8.82. The first kappa shape index (κ1) is 15.1. The summed E-state index contributed by atoms with van der Waals surface area (Å²) in [6, 6.07) is 6.13. The van der Waals surface area contributed by atoms with Crippen LogP contribution in [0.25, 0.3) is 11.0 Å². The average Bonchev–Trinajstić information content (AvgIpc) is 2.72. The summed E-state index contributed by atoms with van der Waals surface area (Å²) in [5, 5.41) is 0. The number of unbranched alkanes of at least 4 members (excludes halogenated alkanes) is 3. The van der Waals surface area contributed by atoms with Crippen molar-refractivity contribution in [1.82, 2.24) is 9.55 Å². The number of benzene rings is 1. The van der Waals surface area contributed by atoms with Crippen molar-refractivity contribution in [3.8, 4) is 5.75 Å². The predicted molar refractivity (Wildman–Crippen MR) is 87.0 cm³/mol. The van der Waals surface area contributed by atoms with Crippen molar-refractivity contribution in [3.05, 3.63) is 23.0 Å². The second-order valence-electron chi connectivity index (χ2n) is 5.46. The van der Waals surface area contributed by atoms with E-state index in [4.69, 9.17) is 17.0 Å². The van der Waals surface area contributed by atoms with E-state index in [0.29, 0.717) is 0 Å². The zero-order valence-electron chi connectivity index (χ0n) is 12.6. The van der Waals surface area contributed by atoms with Crippen LogP contribution in [-0.2, 0) is 6.54 Å². The van der Waals surface area contributed by atoms with Crippen LogP contribution >= 0.6 is 12.2 Å². The molecule has 3 nitrogen and oxygen atoms in total. The third-order valence-corrected chi connectivity index (χ3v) is 3.69. The van der Waals surface area contributed by atoms with Crippen LogP contribution in [-0.4, -0.2) is 15.7 Å². The number of hydrogen-bond donors (Lipinski definition) is 1. The van der Waals surface area contributed by atoms with Crippen molar-refractivity contribution in [2.24, 2.45) is 0 Å². The second-order valence-corrected chi connectivity index (χ2v) is 5.85. The molecule has 0 unspecified atom stereocenters. The Kier molecular flexibility index (Phi) is 5.24. The fourth-order valence-corrected chi connectivity index (χ4v) is 2.72. The Hall–Kier alpha value is -1.29. The molecule has 0 aliphatic heterocycles. The van der Waals surface area contributed by atoms with Gasteiger partial charge >= 0.3 is 0 Å². The van der Waals surface area contributed by atoms with Gasteiger partial charge in [-0.15, -0.1) is 0 Å². The van der Waals surface area contributed by atoms with Gasteiger partial charge in [0.2, 0.25) is 0 Å². The third kappa shape index (κ3) is 3.42. The van der Waals surface area contributed by atoms with Crippen LogP contribution in [0.5, 0.6) is 5.75 Å².